The molecule has 0 aliphatic heterocycles. The van der Waals surface area contributed by atoms with E-state index in [9.17, 15) is 14.4 Å². The second-order valence-corrected chi connectivity index (χ2v) is 6.05. The molecule has 0 aliphatic carbocycles. The highest BCUT2D eigenvalue weighted by Crippen LogP contribution is 2.28. The van der Waals surface area contributed by atoms with Crippen LogP contribution < -0.4 is 20.3 Å². The van der Waals surface area contributed by atoms with Crippen molar-refractivity contribution in [2.45, 2.75) is 13.8 Å². The molecular formula is C20H21ClN2O6. The molecule has 0 atom stereocenters. The quantitative estimate of drug-likeness (QED) is 0.502. The number of halogens is 1. The van der Waals surface area contributed by atoms with Gasteiger partial charge in [0, 0.05) is 10.6 Å². The maximum absolute atomic E-state index is 12.2. The first-order chi connectivity index (χ1) is 13.9. The predicted molar refractivity (Wildman–Crippen MR) is 106 cm³/mol. The molecule has 0 radical (unpaired) electrons. The summed E-state index contributed by atoms with van der Waals surface area (Å²) in [6.45, 7) is 3.92. The lowest BCUT2D eigenvalue weighted by molar-refractivity contribution is -0.125. The fraction of sp³-hybridized carbons (Fsp3) is 0.250. The summed E-state index contributed by atoms with van der Waals surface area (Å²) in [7, 11) is 0. The maximum Gasteiger partial charge on any atom is 0.338 e. The fourth-order valence-corrected chi connectivity index (χ4v) is 2.35. The number of hydrogen-bond acceptors (Lipinski definition) is 6. The zero-order chi connectivity index (χ0) is 21.2. The largest absolute Gasteiger partial charge is 0.490 e. The topological polar surface area (TPSA) is 103 Å². The summed E-state index contributed by atoms with van der Waals surface area (Å²) in [6.07, 6.45) is 0. The van der Waals surface area contributed by atoms with Gasteiger partial charge < -0.3 is 14.2 Å². The smallest absolute Gasteiger partial charge is 0.338 e. The zero-order valence-corrected chi connectivity index (χ0v) is 16.7. The van der Waals surface area contributed by atoms with Crippen LogP contribution in [0.1, 0.15) is 34.6 Å². The Morgan fingerprint density at radius 2 is 1.48 bits per heavy atom. The summed E-state index contributed by atoms with van der Waals surface area (Å²) in [4.78, 5) is 35.9. The highest BCUT2D eigenvalue weighted by Gasteiger charge is 2.15. The van der Waals surface area contributed by atoms with E-state index in [4.69, 9.17) is 25.8 Å². The molecule has 0 aromatic heterocycles. The SMILES string of the molecule is CCOc1ccc(C(=O)OCC(=O)NNC(=O)c2ccc(Cl)cc2)cc1OCC. The lowest BCUT2D eigenvalue weighted by Crippen LogP contribution is -2.43. The van der Waals surface area contributed by atoms with E-state index in [2.05, 4.69) is 10.9 Å². The zero-order valence-electron chi connectivity index (χ0n) is 16.0. The van der Waals surface area contributed by atoms with E-state index in [1.54, 1.807) is 18.2 Å². The molecule has 0 spiro atoms. The maximum atomic E-state index is 12.2. The van der Waals surface area contributed by atoms with Crippen molar-refractivity contribution in [2.24, 2.45) is 0 Å². The van der Waals surface area contributed by atoms with Crippen molar-refractivity contribution >= 4 is 29.4 Å². The minimum Gasteiger partial charge on any atom is -0.490 e. The van der Waals surface area contributed by atoms with E-state index in [0.29, 0.717) is 35.3 Å². The Morgan fingerprint density at radius 1 is 0.862 bits per heavy atom. The van der Waals surface area contributed by atoms with Crippen LogP contribution in [0.25, 0.3) is 0 Å². The highest BCUT2D eigenvalue weighted by atomic mass is 35.5. The lowest BCUT2D eigenvalue weighted by atomic mass is 10.2. The average Bonchev–Trinajstić information content (AvgIpc) is 2.72. The van der Waals surface area contributed by atoms with Crippen LogP contribution in [0.3, 0.4) is 0 Å². The van der Waals surface area contributed by atoms with Gasteiger partial charge in [-0.05, 0) is 56.3 Å². The molecule has 9 heteroatoms. The monoisotopic (exact) mass is 420 g/mol. The highest BCUT2D eigenvalue weighted by molar-refractivity contribution is 6.30. The minimum atomic E-state index is -0.715. The summed E-state index contributed by atoms with van der Waals surface area (Å²) in [5, 5.41) is 0.485. The van der Waals surface area contributed by atoms with Gasteiger partial charge in [0.2, 0.25) is 0 Å². The first kappa shape index (κ1) is 22.0. The Morgan fingerprint density at radius 3 is 2.14 bits per heavy atom. The van der Waals surface area contributed by atoms with Gasteiger partial charge in [0.25, 0.3) is 11.8 Å². The van der Waals surface area contributed by atoms with Crippen molar-refractivity contribution in [1.29, 1.82) is 0 Å². The van der Waals surface area contributed by atoms with Crippen molar-refractivity contribution in [3.05, 3.63) is 58.6 Å². The van der Waals surface area contributed by atoms with E-state index in [1.165, 1.54) is 24.3 Å². The van der Waals surface area contributed by atoms with Crippen molar-refractivity contribution in [3.8, 4) is 11.5 Å². The van der Waals surface area contributed by atoms with Gasteiger partial charge in [-0.15, -0.1) is 0 Å². The molecule has 0 saturated carbocycles. The molecule has 0 saturated heterocycles. The number of ether oxygens (including phenoxy) is 3. The number of rotatable bonds is 8. The molecule has 29 heavy (non-hydrogen) atoms. The molecule has 2 rings (SSSR count). The third kappa shape index (κ3) is 6.69. The standard InChI is InChI=1S/C20H21ClN2O6/c1-3-27-16-10-7-14(11-17(16)28-4-2)20(26)29-12-18(24)22-23-19(25)13-5-8-15(21)9-6-13/h5-11H,3-4,12H2,1-2H3,(H,22,24)(H,23,25). The molecule has 154 valence electrons. The summed E-state index contributed by atoms with van der Waals surface area (Å²) in [5.41, 5.74) is 4.90. The molecule has 2 aromatic carbocycles. The normalized spacial score (nSPS) is 10.0. The molecular weight excluding hydrogens is 400 g/mol. The van der Waals surface area contributed by atoms with Crippen LogP contribution in [-0.4, -0.2) is 37.6 Å². The Kier molecular flexibility index (Phi) is 8.29. The van der Waals surface area contributed by atoms with Gasteiger partial charge in [0.05, 0.1) is 18.8 Å². The van der Waals surface area contributed by atoms with Crippen molar-refractivity contribution in [1.82, 2.24) is 10.9 Å². The van der Waals surface area contributed by atoms with Gasteiger partial charge in [-0.25, -0.2) is 4.79 Å². The fourth-order valence-electron chi connectivity index (χ4n) is 2.23. The predicted octanol–water partition coefficient (Wildman–Crippen LogP) is 2.76. The lowest BCUT2D eigenvalue weighted by Gasteiger charge is -2.12. The molecule has 0 fully saturated rings. The van der Waals surface area contributed by atoms with Gasteiger partial charge in [-0.1, -0.05) is 11.6 Å². The van der Waals surface area contributed by atoms with Crippen LogP contribution in [0.2, 0.25) is 5.02 Å². The average molecular weight is 421 g/mol. The number of nitrogens with one attached hydrogen (secondary N) is 2. The first-order valence-electron chi connectivity index (χ1n) is 8.86. The van der Waals surface area contributed by atoms with Crippen molar-refractivity contribution in [2.75, 3.05) is 19.8 Å². The Bertz CT molecular complexity index is 870. The van der Waals surface area contributed by atoms with E-state index >= 15 is 0 Å². The van der Waals surface area contributed by atoms with Crippen LogP contribution in [-0.2, 0) is 9.53 Å². The number of carbonyl (C=O) groups is 3. The van der Waals surface area contributed by atoms with Gasteiger partial charge in [-0.2, -0.15) is 0 Å². The Labute approximate surface area is 173 Å². The van der Waals surface area contributed by atoms with Crippen molar-refractivity contribution < 1.29 is 28.6 Å². The van der Waals surface area contributed by atoms with Gasteiger partial charge in [0.15, 0.2) is 18.1 Å². The Hall–Kier alpha value is -3.26. The van der Waals surface area contributed by atoms with E-state index in [0.717, 1.165) is 0 Å². The molecule has 8 nitrogen and oxygen atoms in total. The number of hydrazine groups is 1. The Balaban J connectivity index is 1.86. The van der Waals surface area contributed by atoms with Crippen LogP contribution in [0.4, 0.5) is 0 Å². The number of hydrogen-bond donors (Lipinski definition) is 2. The molecule has 0 heterocycles. The third-order valence-electron chi connectivity index (χ3n) is 3.54. The number of amides is 2. The van der Waals surface area contributed by atoms with Gasteiger partial charge >= 0.3 is 5.97 Å². The molecule has 2 N–H and O–H groups in total. The summed E-state index contributed by atoms with van der Waals surface area (Å²) in [6, 6.07) is 10.7. The van der Waals surface area contributed by atoms with Gasteiger partial charge in [0.1, 0.15) is 0 Å². The minimum absolute atomic E-state index is 0.204. The summed E-state index contributed by atoms with van der Waals surface area (Å²) < 4.78 is 15.8. The summed E-state index contributed by atoms with van der Waals surface area (Å²) >= 11 is 5.75. The van der Waals surface area contributed by atoms with E-state index < -0.39 is 24.4 Å². The van der Waals surface area contributed by atoms with Crippen LogP contribution >= 0.6 is 11.6 Å². The number of benzene rings is 2. The second-order valence-electron chi connectivity index (χ2n) is 5.61. The molecule has 2 aromatic rings. The van der Waals surface area contributed by atoms with Crippen LogP contribution in [0.5, 0.6) is 11.5 Å². The van der Waals surface area contributed by atoms with E-state index in [1.807, 2.05) is 13.8 Å². The molecule has 0 bridgehead atoms. The first-order valence-corrected chi connectivity index (χ1v) is 9.23. The third-order valence-corrected chi connectivity index (χ3v) is 3.79. The van der Waals surface area contributed by atoms with Crippen LogP contribution in [0.15, 0.2) is 42.5 Å². The van der Waals surface area contributed by atoms with E-state index in [-0.39, 0.29) is 5.56 Å². The molecule has 0 aliphatic rings. The second kappa shape index (κ2) is 10.9. The van der Waals surface area contributed by atoms with Crippen molar-refractivity contribution in [3.63, 3.8) is 0 Å². The summed E-state index contributed by atoms with van der Waals surface area (Å²) in [5.74, 6) is -1.03. The number of carbonyl (C=O) groups excluding carboxylic acids is 3. The van der Waals surface area contributed by atoms with Gasteiger partial charge in [-0.3, -0.25) is 20.4 Å². The number of esters is 1. The molecule has 0 unspecified atom stereocenters. The van der Waals surface area contributed by atoms with Crippen LogP contribution in [0, 0.1) is 0 Å². The molecule has 2 amide bonds.